The number of hydrogen-bond acceptors (Lipinski definition) is 1. The van der Waals surface area contributed by atoms with Crippen LogP contribution in [0, 0.1) is 11.8 Å². The van der Waals surface area contributed by atoms with Crippen LogP contribution in [0.25, 0.3) is 0 Å². The number of rotatable bonds is 1. The molecule has 2 nitrogen and oxygen atoms in total. The summed E-state index contributed by atoms with van der Waals surface area (Å²) in [4.78, 5) is 13.4. The van der Waals surface area contributed by atoms with Crippen LogP contribution in [-0.2, 0) is 4.79 Å². The van der Waals surface area contributed by atoms with Gasteiger partial charge in [0.15, 0.2) is 0 Å². The van der Waals surface area contributed by atoms with Crippen LogP contribution in [0.5, 0.6) is 0 Å². The van der Waals surface area contributed by atoms with Crippen molar-refractivity contribution in [3.05, 3.63) is 12.2 Å². The minimum absolute atomic E-state index is 0.197. The van der Waals surface area contributed by atoms with E-state index in [2.05, 4.69) is 0 Å². The van der Waals surface area contributed by atoms with E-state index in [-0.39, 0.29) is 5.91 Å². The van der Waals surface area contributed by atoms with Gasteiger partial charge in [-0.25, -0.2) is 0 Å². The highest BCUT2D eigenvalue weighted by atomic mass is 16.2. The van der Waals surface area contributed by atoms with E-state index >= 15 is 0 Å². The molecule has 1 amide bonds. The van der Waals surface area contributed by atoms with E-state index < -0.39 is 0 Å². The third-order valence-electron chi connectivity index (χ3n) is 2.91. The summed E-state index contributed by atoms with van der Waals surface area (Å²) in [5, 5.41) is 0. The fraction of sp³-hybridized carbons (Fsp3) is 0.700. The standard InChI is InChI=1S/C10H15NO/c1-2-3-10(12)11-5-4-8-6-9(8)7-11/h2-3,8-9H,4-7H2,1H3/b3-2+. The molecular weight excluding hydrogens is 150 g/mol. The molecule has 66 valence electrons. The molecule has 0 bridgehead atoms. The Hall–Kier alpha value is -0.790. The molecule has 0 spiro atoms. The first-order valence-corrected chi connectivity index (χ1v) is 4.73. The van der Waals surface area contributed by atoms with Gasteiger partial charge in [0, 0.05) is 13.1 Å². The number of likely N-dealkylation sites (tertiary alicyclic amines) is 1. The SMILES string of the molecule is C/C=C/C(=O)N1CCC2CC2C1. The number of fused-ring (bicyclic) bond motifs is 1. The molecule has 12 heavy (non-hydrogen) atoms. The largest absolute Gasteiger partial charge is 0.339 e. The predicted octanol–water partition coefficient (Wildman–Crippen LogP) is 1.43. The summed E-state index contributed by atoms with van der Waals surface area (Å²) in [5.41, 5.74) is 0. The van der Waals surface area contributed by atoms with Crippen LogP contribution in [0.4, 0.5) is 0 Å². The molecule has 2 unspecified atom stereocenters. The molecule has 0 radical (unpaired) electrons. The molecule has 2 rings (SSSR count). The molecule has 0 aromatic rings. The topological polar surface area (TPSA) is 20.3 Å². The predicted molar refractivity (Wildman–Crippen MR) is 47.6 cm³/mol. The van der Waals surface area contributed by atoms with Crippen molar-refractivity contribution in [1.82, 2.24) is 4.90 Å². The smallest absolute Gasteiger partial charge is 0.246 e. The first kappa shape index (κ1) is 7.84. The first-order chi connectivity index (χ1) is 5.81. The summed E-state index contributed by atoms with van der Waals surface area (Å²) in [6, 6.07) is 0. The molecule has 2 atom stereocenters. The Bertz CT molecular complexity index is 222. The third-order valence-corrected chi connectivity index (χ3v) is 2.91. The number of amides is 1. The molecular formula is C10H15NO. The zero-order valence-electron chi connectivity index (χ0n) is 7.49. The van der Waals surface area contributed by atoms with E-state index in [4.69, 9.17) is 0 Å². The fourth-order valence-electron chi connectivity index (χ4n) is 2.03. The van der Waals surface area contributed by atoms with E-state index in [9.17, 15) is 4.79 Å². The van der Waals surface area contributed by atoms with Crippen LogP contribution in [0.3, 0.4) is 0 Å². The lowest BCUT2D eigenvalue weighted by atomic mass is 10.1. The maximum atomic E-state index is 11.4. The van der Waals surface area contributed by atoms with Gasteiger partial charge in [0.05, 0.1) is 0 Å². The molecule has 0 aromatic heterocycles. The summed E-state index contributed by atoms with van der Waals surface area (Å²) in [6.07, 6.45) is 6.08. The van der Waals surface area contributed by atoms with Gasteiger partial charge in [-0.2, -0.15) is 0 Å². The Morgan fingerprint density at radius 3 is 3.00 bits per heavy atom. The number of hydrogen-bond donors (Lipinski definition) is 0. The summed E-state index contributed by atoms with van der Waals surface area (Å²) in [6.45, 7) is 3.87. The van der Waals surface area contributed by atoms with Crippen molar-refractivity contribution in [2.24, 2.45) is 11.8 Å². The van der Waals surface area contributed by atoms with Gasteiger partial charge >= 0.3 is 0 Å². The summed E-state index contributed by atoms with van der Waals surface area (Å²) < 4.78 is 0. The summed E-state index contributed by atoms with van der Waals surface area (Å²) in [7, 11) is 0. The van der Waals surface area contributed by atoms with Crippen LogP contribution in [0.2, 0.25) is 0 Å². The molecule has 2 aliphatic rings. The van der Waals surface area contributed by atoms with Crippen molar-refractivity contribution in [2.45, 2.75) is 19.8 Å². The van der Waals surface area contributed by atoms with Crippen molar-refractivity contribution in [3.63, 3.8) is 0 Å². The van der Waals surface area contributed by atoms with Gasteiger partial charge in [0.2, 0.25) is 5.91 Å². The molecule has 1 saturated heterocycles. The molecule has 2 fully saturated rings. The molecule has 0 aromatic carbocycles. The van der Waals surface area contributed by atoms with E-state index in [1.807, 2.05) is 17.9 Å². The van der Waals surface area contributed by atoms with Gasteiger partial charge in [-0.15, -0.1) is 0 Å². The maximum absolute atomic E-state index is 11.4. The number of allylic oxidation sites excluding steroid dienone is 1. The van der Waals surface area contributed by atoms with Gasteiger partial charge < -0.3 is 4.90 Å². The number of piperidine rings is 1. The summed E-state index contributed by atoms with van der Waals surface area (Å²) in [5.74, 6) is 2.00. The van der Waals surface area contributed by atoms with Crippen LogP contribution in [-0.4, -0.2) is 23.9 Å². The first-order valence-electron chi connectivity index (χ1n) is 4.73. The monoisotopic (exact) mass is 165 g/mol. The highest BCUT2D eigenvalue weighted by molar-refractivity contribution is 5.87. The van der Waals surface area contributed by atoms with Gasteiger partial charge in [-0.05, 0) is 37.7 Å². The quantitative estimate of drug-likeness (QED) is 0.538. The Morgan fingerprint density at radius 1 is 1.50 bits per heavy atom. The van der Waals surface area contributed by atoms with E-state index in [1.165, 1.54) is 12.8 Å². The third kappa shape index (κ3) is 1.38. The van der Waals surface area contributed by atoms with Crippen molar-refractivity contribution in [1.29, 1.82) is 0 Å². The second kappa shape index (κ2) is 2.92. The zero-order valence-corrected chi connectivity index (χ0v) is 7.49. The lowest BCUT2D eigenvalue weighted by molar-refractivity contribution is -0.127. The highest BCUT2D eigenvalue weighted by Crippen LogP contribution is 2.44. The normalized spacial score (nSPS) is 33.6. The van der Waals surface area contributed by atoms with E-state index in [0.29, 0.717) is 0 Å². The van der Waals surface area contributed by atoms with Gasteiger partial charge in [-0.3, -0.25) is 4.79 Å². The highest BCUT2D eigenvalue weighted by Gasteiger charge is 2.42. The Kier molecular flexibility index (Phi) is 1.91. The van der Waals surface area contributed by atoms with Crippen molar-refractivity contribution >= 4 is 5.91 Å². The second-order valence-corrected chi connectivity index (χ2v) is 3.83. The molecule has 1 heterocycles. The Balaban J connectivity index is 1.91. The number of carbonyl (C=O) groups is 1. The molecule has 0 N–H and O–H groups in total. The van der Waals surface area contributed by atoms with Crippen LogP contribution >= 0.6 is 0 Å². The minimum atomic E-state index is 0.197. The molecule has 1 saturated carbocycles. The average molecular weight is 165 g/mol. The minimum Gasteiger partial charge on any atom is -0.339 e. The van der Waals surface area contributed by atoms with Crippen molar-refractivity contribution in [2.75, 3.05) is 13.1 Å². The Labute approximate surface area is 73.2 Å². The molecule has 1 aliphatic heterocycles. The van der Waals surface area contributed by atoms with Crippen LogP contribution < -0.4 is 0 Å². The van der Waals surface area contributed by atoms with Gasteiger partial charge in [-0.1, -0.05) is 6.08 Å². The van der Waals surface area contributed by atoms with Gasteiger partial charge in [0.25, 0.3) is 0 Å². The zero-order chi connectivity index (χ0) is 8.55. The second-order valence-electron chi connectivity index (χ2n) is 3.83. The lowest BCUT2D eigenvalue weighted by Crippen LogP contribution is -2.35. The van der Waals surface area contributed by atoms with Crippen molar-refractivity contribution < 1.29 is 4.79 Å². The molecule has 2 heteroatoms. The summed E-state index contributed by atoms with van der Waals surface area (Å²) >= 11 is 0. The maximum Gasteiger partial charge on any atom is 0.246 e. The van der Waals surface area contributed by atoms with Crippen molar-refractivity contribution in [3.8, 4) is 0 Å². The lowest BCUT2D eigenvalue weighted by Gasteiger charge is -2.24. The van der Waals surface area contributed by atoms with E-state index in [0.717, 1.165) is 24.9 Å². The number of nitrogens with zero attached hydrogens (tertiary/aromatic N) is 1. The fourth-order valence-corrected chi connectivity index (χ4v) is 2.03. The average Bonchev–Trinajstić information content (AvgIpc) is 2.81. The van der Waals surface area contributed by atoms with Crippen LogP contribution in [0.1, 0.15) is 19.8 Å². The van der Waals surface area contributed by atoms with Crippen LogP contribution in [0.15, 0.2) is 12.2 Å². The Morgan fingerprint density at radius 2 is 2.33 bits per heavy atom. The van der Waals surface area contributed by atoms with E-state index in [1.54, 1.807) is 6.08 Å². The number of carbonyl (C=O) groups excluding carboxylic acids is 1. The molecule has 1 aliphatic carbocycles. The van der Waals surface area contributed by atoms with Gasteiger partial charge in [0.1, 0.15) is 0 Å².